The number of nitrogens with zero attached hydrogens (tertiary/aromatic N) is 3. The fourth-order valence-electron chi connectivity index (χ4n) is 2.23. The molecule has 8 nitrogen and oxygen atoms in total. The molecule has 3 N–H and O–H groups in total. The second-order valence-corrected chi connectivity index (χ2v) is 6.91. The highest BCUT2D eigenvalue weighted by Crippen LogP contribution is 2.22. The van der Waals surface area contributed by atoms with Gasteiger partial charge < -0.3 is 15.8 Å². The van der Waals surface area contributed by atoms with Gasteiger partial charge in [0, 0.05) is 25.0 Å². The summed E-state index contributed by atoms with van der Waals surface area (Å²) in [7, 11) is -3.54. The number of aromatic nitrogens is 2. The number of rotatable bonds is 4. The van der Waals surface area contributed by atoms with Gasteiger partial charge in [0.2, 0.25) is 16.0 Å². The molecule has 2 heterocycles. The van der Waals surface area contributed by atoms with E-state index >= 15 is 0 Å². The van der Waals surface area contributed by atoms with Gasteiger partial charge in [-0.05, 0) is 24.3 Å². The summed E-state index contributed by atoms with van der Waals surface area (Å²) < 4.78 is 31.9. The SMILES string of the molecule is Nc1ccnc(Nc2cccc(S(=O)(=O)N3CCOCC3)c2)n1. The number of sulfonamides is 1. The van der Waals surface area contributed by atoms with Gasteiger partial charge in [0.1, 0.15) is 5.82 Å². The van der Waals surface area contributed by atoms with Gasteiger partial charge >= 0.3 is 0 Å². The Kier molecular flexibility index (Phi) is 4.42. The summed E-state index contributed by atoms with van der Waals surface area (Å²) in [6, 6.07) is 8.10. The van der Waals surface area contributed by atoms with Gasteiger partial charge in [0.15, 0.2) is 0 Å². The molecule has 0 unspecified atom stereocenters. The Morgan fingerprint density at radius 1 is 1.22 bits per heavy atom. The minimum absolute atomic E-state index is 0.216. The van der Waals surface area contributed by atoms with Crippen LogP contribution in [0.25, 0.3) is 0 Å². The molecule has 0 spiro atoms. The van der Waals surface area contributed by atoms with Crippen molar-refractivity contribution < 1.29 is 13.2 Å². The Morgan fingerprint density at radius 2 is 2.00 bits per heavy atom. The Bertz CT molecular complexity index is 791. The predicted molar refractivity (Wildman–Crippen MR) is 85.7 cm³/mol. The van der Waals surface area contributed by atoms with E-state index < -0.39 is 10.0 Å². The van der Waals surface area contributed by atoms with Crippen molar-refractivity contribution in [1.29, 1.82) is 0 Å². The molecule has 1 aromatic heterocycles. The third-order valence-electron chi connectivity index (χ3n) is 3.38. The van der Waals surface area contributed by atoms with Gasteiger partial charge in [-0.15, -0.1) is 0 Å². The largest absolute Gasteiger partial charge is 0.384 e. The topological polar surface area (TPSA) is 110 Å². The fraction of sp³-hybridized carbons (Fsp3) is 0.286. The van der Waals surface area contributed by atoms with Crippen molar-refractivity contribution in [1.82, 2.24) is 14.3 Å². The molecule has 1 aromatic carbocycles. The number of benzene rings is 1. The monoisotopic (exact) mass is 335 g/mol. The maximum atomic E-state index is 12.6. The van der Waals surface area contributed by atoms with E-state index in [1.807, 2.05) is 0 Å². The number of nitrogens with two attached hydrogens (primary N) is 1. The molecule has 0 saturated carbocycles. The van der Waals surface area contributed by atoms with Crippen LogP contribution in [-0.4, -0.2) is 49.0 Å². The highest BCUT2D eigenvalue weighted by atomic mass is 32.2. The zero-order valence-electron chi connectivity index (χ0n) is 12.3. The van der Waals surface area contributed by atoms with Crippen molar-refractivity contribution >= 4 is 27.5 Å². The van der Waals surface area contributed by atoms with Gasteiger partial charge in [-0.1, -0.05) is 6.07 Å². The van der Waals surface area contributed by atoms with E-state index in [0.717, 1.165) is 0 Å². The quantitative estimate of drug-likeness (QED) is 0.851. The van der Waals surface area contributed by atoms with E-state index in [1.54, 1.807) is 30.3 Å². The molecule has 0 bridgehead atoms. The van der Waals surface area contributed by atoms with Crippen LogP contribution in [0.2, 0.25) is 0 Å². The highest BCUT2D eigenvalue weighted by molar-refractivity contribution is 7.89. The Hall–Kier alpha value is -2.23. The molecule has 1 saturated heterocycles. The standard InChI is InChI=1S/C14H17N5O3S/c15-13-4-5-16-14(18-13)17-11-2-1-3-12(10-11)23(20,21)19-6-8-22-9-7-19/h1-5,10H,6-9H2,(H3,15,16,17,18). The van der Waals surface area contributed by atoms with Crippen molar-refractivity contribution in [2.45, 2.75) is 4.90 Å². The molecule has 0 radical (unpaired) electrons. The smallest absolute Gasteiger partial charge is 0.243 e. The van der Waals surface area contributed by atoms with Crippen LogP contribution in [0.3, 0.4) is 0 Å². The lowest BCUT2D eigenvalue weighted by molar-refractivity contribution is 0.0730. The second-order valence-electron chi connectivity index (χ2n) is 4.97. The number of ether oxygens (including phenoxy) is 1. The first-order valence-corrected chi connectivity index (χ1v) is 8.53. The lowest BCUT2D eigenvalue weighted by atomic mass is 10.3. The van der Waals surface area contributed by atoms with Crippen LogP contribution in [-0.2, 0) is 14.8 Å². The van der Waals surface area contributed by atoms with Crippen molar-refractivity contribution in [3.05, 3.63) is 36.5 Å². The molecule has 1 aliphatic heterocycles. The molecular formula is C14H17N5O3S. The summed E-state index contributed by atoms with van der Waals surface area (Å²) in [5, 5.41) is 2.95. The summed E-state index contributed by atoms with van der Waals surface area (Å²) in [5.41, 5.74) is 6.18. The van der Waals surface area contributed by atoms with Gasteiger partial charge in [-0.25, -0.2) is 13.4 Å². The maximum absolute atomic E-state index is 12.6. The minimum Gasteiger partial charge on any atom is -0.384 e. The average molecular weight is 335 g/mol. The summed E-state index contributed by atoms with van der Waals surface area (Å²) in [5.74, 6) is 0.644. The van der Waals surface area contributed by atoms with Crippen molar-refractivity contribution in [3.63, 3.8) is 0 Å². The van der Waals surface area contributed by atoms with Crippen LogP contribution >= 0.6 is 0 Å². The van der Waals surface area contributed by atoms with Crippen LogP contribution in [0.1, 0.15) is 0 Å². The normalized spacial score (nSPS) is 16.2. The lowest BCUT2D eigenvalue weighted by Gasteiger charge is -2.26. The summed E-state index contributed by atoms with van der Waals surface area (Å²) in [4.78, 5) is 8.28. The summed E-state index contributed by atoms with van der Waals surface area (Å²) in [6.45, 7) is 1.54. The molecule has 3 rings (SSSR count). The van der Waals surface area contributed by atoms with E-state index in [1.165, 1.54) is 10.5 Å². The third kappa shape index (κ3) is 3.58. The zero-order chi connectivity index (χ0) is 16.3. The Morgan fingerprint density at radius 3 is 2.74 bits per heavy atom. The number of morpholine rings is 1. The number of nitrogen functional groups attached to an aromatic ring is 1. The molecule has 0 aliphatic carbocycles. The molecular weight excluding hydrogens is 318 g/mol. The van der Waals surface area contributed by atoms with Gasteiger partial charge in [0.25, 0.3) is 0 Å². The van der Waals surface area contributed by atoms with E-state index in [4.69, 9.17) is 10.5 Å². The first-order valence-electron chi connectivity index (χ1n) is 7.09. The number of nitrogens with one attached hydrogen (secondary N) is 1. The molecule has 9 heteroatoms. The van der Waals surface area contributed by atoms with Gasteiger partial charge in [-0.2, -0.15) is 9.29 Å². The Balaban J connectivity index is 1.84. The summed E-state index contributed by atoms with van der Waals surface area (Å²) in [6.07, 6.45) is 1.53. The van der Waals surface area contributed by atoms with E-state index in [2.05, 4.69) is 15.3 Å². The predicted octanol–water partition coefficient (Wildman–Crippen LogP) is 0.823. The maximum Gasteiger partial charge on any atom is 0.243 e. The molecule has 2 aromatic rings. The van der Waals surface area contributed by atoms with E-state index in [-0.39, 0.29) is 4.90 Å². The van der Waals surface area contributed by atoms with Crippen LogP contribution in [0.5, 0.6) is 0 Å². The fourth-order valence-corrected chi connectivity index (χ4v) is 3.69. The number of hydrogen-bond acceptors (Lipinski definition) is 7. The number of hydrogen-bond donors (Lipinski definition) is 2. The van der Waals surface area contributed by atoms with E-state index in [9.17, 15) is 8.42 Å². The first-order chi connectivity index (χ1) is 11.1. The molecule has 122 valence electrons. The molecule has 1 aliphatic rings. The van der Waals surface area contributed by atoms with Gasteiger partial charge in [0.05, 0.1) is 18.1 Å². The number of anilines is 3. The van der Waals surface area contributed by atoms with Crippen molar-refractivity contribution in [3.8, 4) is 0 Å². The van der Waals surface area contributed by atoms with Crippen LogP contribution < -0.4 is 11.1 Å². The van der Waals surface area contributed by atoms with Crippen molar-refractivity contribution in [2.24, 2.45) is 0 Å². The van der Waals surface area contributed by atoms with Crippen LogP contribution in [0.15, 0.2) is 41.4 Å². The molecule has 1 fully saturated rings. The van der Waals surface area contributed by atoms with Crippen LogP contribution in [0.4, 0.5) is 17.5 Å². The van der Waals surface area contributed by atoms with Crippen LogP contribution in [0, 0.1) is 0 Å². The van der Waals surface area contributed by atoms with Gasteiger partial charge in [-0.3, -0.25) is 0 Å². The Labute approximate surface area is 134 Å². The first kappa shape index (κ1) is 15.7. The zero-order valence-corrected chi connectivity index (χ0v) is 13.2. The lowest BCUT2D eigenvalue weighted by Crippen LogP contribution is -2.40. The average Bonchev–Trinajstić information content (AvgIpc) is 2.56. The minimum atomic E-state index is -3.54. The van der Waals surface area contributed by atoms with E-state index in [0.29, 0.717) is 43.8 Å². The highest BCUT2D eigenvalue weighted by Gasteiger charge is 2.26. The third-order valence-corrected chi connectivity index (χ3v) is 5.27. The molecule has 23 heavy (non-hydrogen) atoms. The molecule has 0 atom stereocenters. The second kappa shape index (κ2) is 6.49. The summed E-state index contributed by atoms with van der Waals surface area (Å²) >= 11 is 0. The molecule has 0 amide bonds. The van der Waals surface area contributed by atoms with Crippen molar-refractivity contribution in [2.75, 3.05) is 37.4 Å².